The van der Waals surface area contributed by atoms with Crippen LogP contribution < -0.4 is 5.32 Å². The molecule has 0 fully saturated rings. The minimum absolute atomic E-state index is 0.251. The minimum atomic E-state index is -2.88. The van der Waals surface area contributed by atoms with E-state index in [1.54, 1.807) is 12.3 Å². The van der Waals surface area contributed by atoms with Crippen molar-refractivity contribution < 1.29 is 22.7 Å². The predicted molar refractivity (Wildman–Crippen MR) is 87.6 cm³/mol. The number of nitrogens with one attached hydrogen (secondary N) is 1. The quantitative estimate of drug-likeness (QED) is 0.547. The average molecular weight is 352 g/mol. The van der Waals surface area contributed by atoms with Gasteiger partial charge in [-0.2, -0.15) is 0 Å². The molecular weight excluding hydrogens is 333 g/mol. The smallest absolute Gasteiger partial charge is 0.266 e. The van der Waals surface area contributed by atoms with E-state index in [1.165, 1.54) is 12.3 Å². The summed E-state index contributed by atoms with van der Waals surface area (Å²) in [5, 5.41) is 2.55. The van der Waals surface area contributed by atoms with Crippen molar-refractivity contribution in [2.45, 2.75) is 25.9 Å². The van der Waals surface area contributed by atoms with Gasteiger partial charge in [0.1, 0.15) is 5.82 Å². The first-order valence-electron chi connectivity index (χ1n) is 7.84. The minimum Gasteiger partial charge on any atom is -0.374 e. The van der Waals surface area contributed by atoms with Crippen LogP contribution in [0.1, 0.15) is 37.0 Å². The van der Waals surface area contributed by atoms with Gasteiger partial charge < -0.3 is 10.1 Å². The topological polar surface area (TPSA) is 51.2 Å². The molecule has 1 N–H and O–H groups in total. The fourth-order valence-corrected chi connectivity index (χ4v) is 2.32. The maximum atomic E-state index is 13.4. The van der Waals surface area contributed by atoms with Crippen molar-refractivity contribution in [2.24, 2.45) is 0 Å². The Labute approximate surface area is 144 Å². The van der Waals surface area contributed by atoms with Gasteiger partial charge in [-0.1, -0.05) is 6.07 Å². The van der Waals surface area contributed by atoms with Crippen LogP contribution in [-0.2, 0) is 9.53 Å². The van der Waals surface area contributed by atoms with Crippen LogP contribution in [-0.4, -0.2) is 24.5 Å². The van der Waals surface area contributed by atoms with E-state index in [1.807, 2.05) is 6.92 Å². The second-order valence-corrected chi connectivity index (χ2v) is 5.48. The second kappa shape index (κ2) is 9.17. The summed E-state index contributed by atoms with van der Waals surface area (Å²) in [7, 11) is 0. The molecule has 0 bridgehead atoms. The van der Waals surface area contributed by atoms with Gasteiger partial charge in [0.15, 0.2) is 0 Å². The Morgan fingerprint density at radius 3 is 2.76 bits per heavy atom. The fourth-order valence-electron chi connectivity index (χ4n) is 2.32. The Bertz CT molecular complexity index is 710. The van der Waals surface area contributed by atoms with E-state index < -0.39 is 17.8 Å². The number of carbonyl (C=O) groups excluding carboxylic acids is 1. The van der Waals surface area contributed by atoms with Gasteiger partial charge in [0.05, 0.1) is 11.7 Å². The number of benzene rings is 1. The molecule has 0 spiro atoms. The van der Waals surface area contributed by atoms with Gasteiger partial charge in [0, 0.05) is 31.1 Å². The molecule has 1 heterocycles. The monoisotopic (exact) mass is 352 g/mol. The van der Waals surface area contributed by atoms with Crippen LogP contribution in [0.4, 0.5) is 13.2 Å². The molecule has 1 unspecified atom stereocenters. The van der Waals surface area contributed by atoms with Gasteiger partial charge in [-0.25, -0.2) is 13.2 Å². The van der Waals surface area contributed by atoms with Crippen molar-refractivity contribution in [3.63, 3.8) is 0 Å². The van der Waals surface area contributed by atoms with Crippen LogP contribution in [0.15, 0.2) is 36.7 Å². The second-order valence-electron chi connectivity index (χ2n) is 5.48. The first-order valence-corrected chi connectivity index (χ1v) is 7.84. The van der Waals surface area contributed by atoms with Crippen molar-refractivity contribution in [3.05, 3.63) is 53.6 Å². The van der Waals surface area contributed by atoms with Gasteiger partial charge >= 0.3 is 0 Å². The molecule has 4 nitrogen and oxygen atoms in total. The molecule has 1 aromatic carbocycles. The molecule has 0 aliphatic heterocycles. The predicted octanol–water partition coefficient (Wildman–Crippen LogP) is 4.04. The Kier molecular flexibility index (Phi) is 6.94. The summed E-state index contributed by atoms with van der Waals surface area (Å²) in [6.07, 6.45) is 1.35. The van der Waals surface area contributed by atoms with Crippen molar-refractivity contribution in [1.29, 1.82) is 0 Å². The standard InChI is InChI=1S/C18H19F3N2O2/c1-12(25-6-2-5-22-11-24)14-7-15(10-23-9-14)13-3-4-17(19)16(8-13)18(20)21/h3-4,7-12,18H,2,5-6H2,1H3,(H,22,24). The Morgan fingerprint density at radius 1 is 1.24 bits per heavy atom. The summed E-state index contributed by atoms with van der Waals surface area (Å²) in [6, 6.07) is 5.39. The molecule has 2 aromatic rings. The summed E-state index contributed by atoms with van der Waals surface area (Å²) in [6.45, 7) is 2.84. The lowest BCUT2D eigenvalue weighted by Gasteiger charge is -2.14. The van der Waals surface area contributed by atoms with E-state index in [9.17, 15) is 18.0 Å². The third-order valence-corrected chi connectivity index (χ3v) is 3.71. The van der Waals surface area contributed by atoms with Crippen LogP contribution in [0.2, 0.25) is 0 Å². The van der Waals surface area contributed by atoms with Gasteiger partial charge in [-0.3, -0.25) is 9.78 Å². The van der Waals surface area contributed by atoms with E-state index in [2.05, 4.69) is 10.3 Å². The van der Waals surface area contributed by atoms with Crippen LogP contribution in [0.3, 0.4) is 0 Å². The molecule has 1 aromatic heterocycles. The highest BCUT2D eigenvalue weighted by molar-refractivity contribution is 5.64. The number of aromatic nitrogens is 1. The summed E-state index contributed by atoms with van der Waals surface area (Å²) < 4.78 is 44.8. The van der Waals surface area contributed by atoms with E-state index in [0.29, 0.717) is 37.1 Å². The number of hydrogen-bond acceptors (Lipinski definition) is 3. The molecule has 1 atom stereocenters. The number of halogens is 3. The number of nitrogens with zero attached hydrogens (tertiary/aromatic N) is 1. The summed E-state index contributed by atoms with van der Waals surface area (Å²) in [4.78, 5) is 14.3. The third-order valence-electron chi connectivity index (χ3n) is 3.71. The van der Waals surface area contributed by atoms with Crippen LogP contribution in [0.25, 0.3) is 11.1 Å². The van der Waals surface area contributed by atoms with E-state index in [0.717, 1.165) is 17.7 Å². The molecule has 2 rings (SSSR count). The maximum Gasteiger partial charge on any atom is 0.266 e. The largest absolute Gasteiger partial charge is 0.374 e. The van der Waals surface area contributed by atoms with Crippen molar-refractivity contribution >= 4 is 6.41 Å². The molecule has 0 saturated heterocycles. The number of ether oxygens (including phenoxy) is 1. The lowest BCUT2D eigenvalue weighted by Crippen LogP contribution is -2.14. The first kappa shape index (κ1) is 18.9. The van der Waals surface area contributed by atoms with Crippen molar-refractivity contribution in [2.75, 3.05) is 13.2 Å². The zero-order chi connectivity index (χ0) is 18.2. The highest BCUT2D eigenvalue weighted by Crippen LogP contribution is 2.29. The van der Waals surface area contributed by atoms with E-state index in [4.69, 9.17) is 4.74 Å². The highest BCUT2D eigenvalue weighted by Gasteiger charge is 2.15. The van der Waals surface area contributed by atoms with Crippen LogP contribution in [0.5, 0.6) is 0 Å². The number of pyridine rings is 1. The van der Waals surface area contributed by atoms with Gasteiger partial charge in [0.25, 0.3) is 6.43 Å². The molecule has 1 amide bonds. The van der Waals surface area contributed by atoms with Crippen molar-refractivity contribution in [1.82, 2.24) is 10.3 Å². The summed E-state index contributed by atoms with van der Waals surface area (Å²) in [5.74, 6) is -0.927. The first-order chi connectivity index (χ1) is 12.0. The number of alkyl halides is 2. The fraction of sp³-hybridized carbons (Fsp3) is 0.333. The molecule has 134 valence electrons. The van der Waals surface area contributed by atoms with Gasteiger partial charge in [0.2, 0.25) is 6.41 Å². The van der Waals surface area contributed by atoms with Crippen molar-refractivity contribution in [3.8, 4) is 11.1 Å². The average Bonchev–Trinajstić information content (AvgIpc) is 2.61. The van der Waals surface area contributed by atoms with Gasteiger partial charge in [-0.05, 0) is 42.7 Å². The van der Waals surface area contributed by atoms with Crippen LogP contribution >= 0.6 is 0 Å². The molecule has 7 heteroatoms. The Morgan fingerprint density at radius 2 is 2.04 bits per heavy atom. The lowest BCUT2D eigenvalue weighted by molar-refractivity contribution is -0.109. The normalized spacial score (nSPS) is 12.2. The number of rotatable bonds is 9. The molecule has 0 aliphatic rings. The van der Waals surface area contributed by atoms with E-state index in [-0.39, 0.29) is 6.10 Å². The van der Waals surface area contributed by atoms with E-state index >= 15 is 0 Å². The molecule has 0 radical (unpaired) electrons. The zero-order valence-electron chi connectivity index (χ0n) is 13.7. The Hall–Kier alpha value is -2.41. The Balaban J connectivity index is 2.10. The number of amides is 1. The lowest BCUT2D eigenvalue weighted by atomic mass is 10.0. The zero-order valence-corrected chi connectivity index (χ0v) is 13.7. The maximum absolute atomic E-state index is 13.4. The van der Waals surface area contributed by atoms with Gasteiger partial charge in [-0.15, -0.1) is 0 Å². The molecule has 25 heavy (non-hydrogen) atoms. The molecule has 0 saturated carbocycles. The van der Waals surface area contributed by atoms with Crippen LogP contribution in [0, 0.1) is 5.82 Å². The molecule has 0 aliphatic carbocycles. The summed E-state index contributed by atoms with van der Waals surface area (Å²) >= 11 is 0. The molecular formula is C18H19F3N2O2. The third kappa shape index (κ3) is 5.29. The summed E-state index contributed by atoms with van der Waals surface area (Å²) in [5.41, 5.74) is 1.23. The number of hydrogen-bond donors (Lipinski definition) is 1. The number of carbonyl (C=O) groups is 1. The SMILES string of the molecule is CC(OCCCNC=O)c1cncc(-c2ccc(F)c(C(F)F)c2)c1. The highest BCUT2D eigenvalue weighted by atomic mass is 19.3.